The lowest BCUT2D eigenvalue weighted by Crippen LogP contribution is -1.98. The van der Waals surface area contributed by atoms with Gasteiger partial charge in [-0.2, -0.15) is 0 Å². The lowest BCUT2D eigenvalue weighted by Gasteiger charge is -2.13. The summed E-state index contributed by atoms with van der Waals surface area (Å²) in [5, 5.41) is 3.16. The first kappa shape index (κ1) is 25.9. The third kappa shape index (κ3) is 6.45. The fourth-order valence-corrected chi connectivity index (χ4v) is 4.08. The van der Waals surface area contributed by atoms with Crippen molar-refractivity contribution in [2.45, 2.75) is 6.92 Å². The van der Waals surface area contributed by atoms with Crippen LogP contribution in [-0.2, 0) is 0 Å². The number of anilines is 1. The fourth-order valence-electron chi connectivity index (χ4n) is 3.44. The zero-order valence-corrected chi connectivity index (χ0v) is 21.9. The van der Waals surface area contributed by atoms with Gasteiger partial charge in [0.15, 0.2) is 23.0 Å². The van der Waals surface area contributed by atoms with E-state index in [4.69, 9.17) is 18.9 Å². The molecule has 182 valence electrons. The summed E-state index contributed by atoms with van der Waals surface area (Å²) in [5.74, 6) is 2.23. The first-order valence-electron chi connectivity index (χ1n) is 10.8. The molecule has 6 nitrogen and oxygen atoms in total. The van der Waals surface area contributed by atoms with E-state index in [-0.39, 0.29) is 5.78 Å². The summed E-state index contributed by atoms with van der Waals surface area (Å²) in [7, 11) is 6.33. The highest BCUT2D eigenvalue weighted by Crippen LogP contribution is 2.39. The maximum absolute atomic E-state index is 12.4. The summed E-state index contributed by atoms with van der Waals surface area (Å²) in [6.45, 7) is 1.98. The molecule has 3 aromatic carbocycles. The van der Waals surface area contributed by atoms with Gasteiger partial charge in [0.05, 0.1) is 38.6 Å². The first-order valence-corrected chi connectivity index (χ1v) is 11.6. The Morgan fingerprint density at radius 2 is 1.37 bits per heavy atom. The lowest BCUT2D eigenvalue weighted by molar-refractivity contribution is 0.104. The van der Waals surface area contributed by atoms with Crippen molar-refractivity contribution >= 4 is 39.6 Å². The predicted molar refractivity (Wildman–Crippen MR) is 144 cm³/mol. The largest absolute Gasteiger partial charge is 0.493 e. The van der Waals surface area contributed by atoms with Gasteiger partial charge in [-0.25, -0.2) is 0 Å². The molecule has 0 aromatic heterocycles. The number of hydrogen-bond acceptors (Lipinski definition) is 6. The second kappa shape index (κ2) is 12.1. The summed E-state index contributed by atoms with van der Waals surface area (Å²) >= 11 is 3.57. The van der Waals surface area contributed by atoms with E-state index in [1.165, 1.54) is 6.08 Å². The Labute approximate surface area is 214 Å². The van der Waals surface area contributed by atoms with Crippen LogP contribution in [0.4, 0.5) is 5.69 Å². The Bertz CT molecular complexity index is 1220. The summed E-state index contributed by atoms with van der Waals surface area (Å²) in [6, 6.07) is 15.1. The van der Waals surface area contributed by atoms with E-state index in [9.17, 15) is 4.79 Å². The van der Waals surface area contributed by atoms with Crippen LogP contribution in [0.2, 0.25) is 0 Å². The molecule has 0 bridgehead atoms. The Morgan fingerprint density at radius 1 is 0.800 bits per heavy atom. The Kier molecular flexibility index (Phi) is 8.98. The van der Waals surface area contributed by atoms with E-state index in [1.54, 1.807) is 34.6 Å². The molecule has 3 rings (SSSR count). The normalized spacial score (nSPS) is 11.0. The van der Waals surface area contributed by atoms with Crippen molar-refractivity contribution in [3.05, 3.63) is 87.5 Å². The van der Waals surface area contributed by atoms with Crippen molar-refractivity contribution in [2.24, 2.45) is 0 Å². The van der Waals surface area contributed by atoms with Gasteiger partial charge in [0.25, 0.3) is 0 Å². The number of aryl methyl sites for hydroxylation is 1. The van der Waals surface area contributed by atoms with Gasteiger partial charge in [0.1, 0.15) is 0 Å². The quantitative estimate of drug-likeness (QED) is 0.175. The standard InChI is InChI=1S/C28H28BrNO5/c1-18-6-10-21(11-7-18)24(31)12-13-30-23-15-19(14-22(29)27(23)34-4)8-9-20-16-25(32-2)28(35-5)26(17-20)33-3/h6-17,30H,1-5H3/b9-8-,13-12-. The van der Waals surface area contributed by atoms with Crippen LogP contribution in [0.5, 0.6) is 23.0 Å². The number of carbonyl (C=O) groups is 1. The van der Waals surface area contributed by atoms with Crippen molar-refractivity contribution in [1.82, 2.24) is 0 Å². The van der Waals surface area contributed by atoms with Gasteiger partial charge in [-0.1, -0.05) is 42.0 Å². The summed E-state index contributed by atoms with van der Waals surface area (Å²) in [4.78, 5) is 12.4. The number of ether oxygens (including phenoxy) is 4. The molecule has 0 unspecified atom stereocenters. The van der Waals surface area contributed by atoms with Gasteiger partial charge in [0, 0.05) is 17.8 Å². The van der Waals surface area contributed by atoms with Crippen LogP contribution >= 0.6 is 15.9 Å². The second-order valence-electron chi connectivity index (χ2n) is 7.58. The zero-order chi connectivity index (χ0) is 25.4. The maximum Gasteiger partial charge on any atom is 0.203 e. The molecule has 0 aliphatic rings. The van der Waals surface area contributed by atoms with Crippen LogP contribution in [0, 0.1) is 6.92 Å². The number of methoxy groups -OCH3 is 4. The molecule has 7 heteroatoms. The number of benzene rings is 3. The molecule has 0 heterocycles. The zero-order valence-electron chi connectivity index (χ0n) is 20.3. The number of carbonyl (C=O) groups excluding carboxylic acids is 1. The van der Waals surface area contributed by atoms with Crippen LogP contribution in [-0.4, -0.2) is 34.2 Å². The molecule has 0 spiro atoms. The Balaban J connectivity index is 1.85. The minimum absolute atomic E-state index is 0.0889. The number of ketones is 1. The summed E-state index contributed by atoms with van der Waals surface area (Å²) in [5.41, 5.74) is 4.23. The third-order valence-corrected chi connectivity index (χ3v) is 5.82. The molecule has 0 saturated carbocycles. The van der Waals surface area contributed by atoms with Crippen LogP contribution in [0.25, 0.3) is 12.2 Å². The Hall–Kier alpha value is -3.71. The van der Waals surface area contributed by atoms with Crippen molar-refractivity contribution in [3.63, 3.8) is 0 Å². The number of halogens is 1. The van der Waals surface area contributed by atoms with Gasteiger partial charge in [-0.05, 0) is 58.2 Å². The fraction of sp³-hybridized carbons (Fsp3) is 0.179. The van der Waals surface area contributed by atoms with E-state index in [1.807, 2.05) is 67.6 Å². The van der Waals surface area contributed by atoms with Crippen LogP contribution in [0.15, 0.2) is 65.3 Å². The molecule has 0 atom stereocenters. The minimum Gasteiger partial charge on any atom is -0.493 e. The number of rotatable bonds is 10. The SMILES string of the molecule is COc1cc(/C=C\c2cc(Br)c(OC)c(N/C=C\C(=O)c3ccc(C)cc3)c2)cc(OC)c1OC. The number of hydrogen-bond donors (Lipinski definition) is 1. The third-order valence-electron chi connectivity index (χ3n) is 5.23. The number of nitrogens with one attached hydrogen (secondary N) is 1. The van der Waals surface area contributed by atoms with Gasteiger partial charge >= 0.3 is 0 Å². The van der Waals surface area contributed by atoms with E-state index in [0.717, 1.165) is 21.2 Å². The maximum atomic E-state index is 12.4. The van der Waals surface area contributed by atoms with E-state index in [0.29, 0.717) is 34.2 Å². The molecule has 0 aliphatic heterocycles. The topological polar surface area (TPSA) is 66.0 Å². The second-order valence-corrected chi connectivity index (χ2v) is 8.44. The average molecular weight is 538 g/mol. The van der Waals surface area contributed by atoms with E-state index < -0.39 is 0 Å². The highest BCUT2D eigenvalue weighted by Gasteiger charge is 2.13. The molecule has 0 aliphatic carbocycles. The van der Waals surface area contributed by atoms with E-state index >= 15 is 0 Å². The van der Waals surface area contributed by atoms with Crippen LogP contribution in [0.3, 0.4) is 0 Å². The molecule has 0 saturated heterocycles. The molecule has 0 amide bonds. The minimum atomic E-state index is -0.0889. The lowest BCUT2D eigenvalue weighted by atomic mass is 10.1. The molecule has 0 radical (unpaired) electrons. The summed E-state index contributed by atoms with van der Waals surface area (Å²) < 4.78 is 22.6. The van der Waals surface area contributed by atoms with Gasteiger partial charge in [0.2, 0.25) is 5.75 Å². The Morgan fingerprint density at radius 3 is 1.91 bits per heavy atom. The highest BCUT2D eigenvalue weighted by atomic mass is 79.9. The average Bonchev–Trinajstić information content (AvgIpc) is 2.86. The highest BCUT2D eigenvalue weighted by molar-refractivity contribution is 9.10. The van der Waals surface area contributed by atoms with Gasteiger partial charge in [-0.15, -0.1) is 0 Å². The smallest absolute Gasteiger partial charge is 0.203 e. The van der Waals surface area contributed by atoms with Crippen molar-refractivity contribution in [1.29, 1.82) is 0 Å². The first-order chi connectivity index (χ1) is 16.9. The molecular weight excluding hydrogens is 510 g/mol. The van der Waals surface area contributed by atoms with Crippen molar-refractivity contribution in [3.8, 4) is 23.0 Å². The number of allylic oxidation sites excluding steroid dienone is 1. The monoisotopic (exact) mass is 537 g/mol. The molecule has 3 aromatic rings. The predicted octanol–water partition coefficient (Wildman–Crippen LogP) is 6.77. The summed E-state index contributed by atoms with van der Waals surface area (Å²) in [6.07, 6.45) is 7.01. The van der Waals surface area contributed by atoms with E-state index in [2.05, 4.69) is 21.2 Å². The molecule has 1 N–H and O–H groups in total. The van der Waals surface area contributed by atoms with Crippen LogP contribution < -0.4 is 24.3 Å². The van der Waals surface area contributed by atoms with Crippen molar-refractivity contribution in [2.75, 3.05) is 33.8 Å². The van der Waals surface area contributed by atoms with Crippen LogP contribution in [0.1, 0.15) is 27.0 Å². The molecule has 0 fully saturated rings. The van der Waals surface area contributed by atoms with Crippen molar-refractivity contribution < 1.29 is 23.7 Å². The molecular formula is C28H28BrNO5. The van der Waals surface area contributed by atoms with Gasteiger partial charge in [-0.3, -0.25) is 4.79 Å². The van der Waals surface area contributed by atoms with Gasteiger partial charge < -0.3 is 24.3 Å². The molecule has 35 heavy (non-hydrogen) atoms.